The molecule has 0 bridgehead atoms. The van der Waals surface area contributed by atoms with Gasteiger partial charge in [0.1, 0.15) is 12.1 Å². The van der Waals surface area contributed by atoms with Crippen molar-refractivity contribution in [3.63, 3.8) is 0 Å². The SMILES string of the molecule is CSCC[C@H](N)C(=O)OC1CC(C)OC(C)C1. The van der Waals surface area contributed by atoms with Crippen LogP contribution in [0.4, 0.5) is 0 Å². The van der Waals surface area contributed by atoms with Crippen molar-refractivity contribution in [2.75, 3.05) is 12.0 Å². The van der Waals surface area contributed by atoms with Crippen LogP contribution in [0.2, 0.25) is 0 Å². The molecule has 5 heteroatoms. The van der Waals surface area contributed by atoms with Crippen LogP contribution in [0.25, 0.3) is 0 Å². The lowest BCUT2D eigenvalue weighted by molar-refractivity contribution is -0.161. The van der Waals surface area contributed by atoms with Crippen molar-refractivity contribution in [1.29, 1.82) is 0 Å². The van der Waals surface area contributed by atoms with Gasteiger partial charge in [-0.2, -0.15) is 11.8 Å². The van der Waals surface area contributed by atoms with Gasteiger partial charge in [-0.3, -0.25) is 4.79 Å². The zero-order chi connectivity index (χ0) is 12.8. The van der Waals surface area contributed by atoms with Crippen LogP contribution in [0.3, 0.4) is 0 Å². The molecule has 4 nitrogen and oxygen atoms in total. The average Bonchev–Trinajstić information content (AvgIpc) is 2.24. The minimum Gasteiger partial charge on any atom is -0.461 e. The topological polar surface area (TPSA) is 61.6 Å². The van der Waals surface area contributed by atoms with E-state index >= 15 is 0 Å². The lowest BCUT2D eigenvalue weighted by Gasteiger charge is -2.32. The molecule has 0 amide bonds. The second kappa shape index (κ2) is 7.24. The molecule has 0 aliphatic carbocycles. The van der Waals surface area contributed by atoms with Crippen molar-refractivity contribution in [3.8, 4) is 0 Å². The molecule has 2 N–H and O–H groups in total. The Morgan fingerprint density at radius 2 is 2.06 bits per heavy atom. The van der Waals surface area contributed by atoms with Crippen LogP contribution in [-0.2, 0) is 14.3 Å². The highest BCUT2D eigenvalue weighted by atomic mass is 32.2. The largest absolute Gasteiger partial charge is 0.461 e. The second-order valence-corrected chi connectivity index (χ2v) is 5.66. The minimum atomic E-state index is -0.490. The Hall–Kier alpha value is -0.260. The number of hydrogen-bond acceptors (Lipinski definition) is 5. The summed E-state index contributed by atoms with van der Waals surface area (Å²) in [5.41, 5.74) is 5.77. The Morgan fingerprint density at radius 3 is 2.59 bits per heavy atom. The Balaban J connectivity index is 2.34. The molecular weight excluding hydrogens is 238 g/mol. The maximum Gasteiger partial charge on any atom is 0.323 e. The first kappa shape index (κ1) is 14.8. The molecule has 0 spiro atoms. The fourth-order valence-corrected chi connectivity index (χ4v) is 2.54. The number of carbonyl (C=O) groups excluding carboxylic acids is 1. The summed E-state index contributed by atoms with van der Waals surface area (Å²) in [6.45, 7) is 4.01. The van der Waals surface area contributed by atoms with Crippen molar-refractivity contribution < 1.29 is 14.3 Å². The van der Waals surface area contributed by atoms with Gasteiger partial charge in [0.25, 0.3) is 0 Å². The summed E-state index contributed by atoms with van der Waals surface area (Å²) in [4.78, 5) is 11.7. The maximum absolute atomic E-state index is 11.7. The van der Waals surface area contributed by atoms with E-state index in [2.05, 4.69) is 0 Å². The molecule has 0 aromatic rings. The van der Waals surface area contributed by atoms with Gasteiger partial charge in [0.2, 0.25) is 0 Å². The summed E-state index contributed by atoms with van der Waals surface area (Å²) in [5.74, 6) is 0.613. The fourth-order valence-electron chi connectivity index (χ4n) is 2.05. The zero-order valence-corrected chi connectivity index (χ0v) is 11.7. The smallest absolute Gasteiger partial charge is 0.323 e. The van der Waals surface area contributed by atoms with Crippen molar-refractivity contribution in [1.82, 2.24) is 0 Å². The van der Waals surface area contributed by atoms with Gasteiger partial charge in [0.15, 0.2) is 0 Å². The number of hydrogen-bond donors (Lipinski definition) is 1. The molecule has 0 saturated carbocycles. The number of ether oxygens (including phenoxy) is 2. The van der Waals surface area contributed by atoms with Crippen LogP contribution in [0, 0.1) is 0 Å². The summed E-state index contributed by atoms with van der Waals surface area (Å²) in [5, 5.41) is 0. The summed E-state index contributed by atoms with van der Waals surface area (Å²) < 4.78 is 11.0. The molecule has 1 saturated heterocycles. The highest BCUT2D eigenvalue weighted by molar-refractivity contribution is 7.98. The van der Waals surface area contributed by atoms with E-state index in [1.807, 2.05) is 20.1 Å². The minimum absolute atomic E-state index is 0.0402. The number of rotatable bonds is 5. The van der Waals surface area contributed by atoms with Crippen LogP contribution >= 0.6 is 11.8 Å². The third-order valence-corrected chi connectivity index (χ3v) is 3.52. The third-order valence-electron chi connectivity index (χ3n) is 2.87. The number of nitrogens with two attached hydrogens (primary N) is 1. The van der Waals surface area contributed by atoms with E-state index < -0.39 is 6.04 Å². The van der Waals surface area contributed by atoms with E-state index in [1.54, 1.807) is 11.8 Å². The Morgan fingerprint density at radius 1 is 1.47 bits per heavy atom. The van der Waals surface area contributed by atoms with Crippen molar-refractivity contribution in [2.45, 2.75) is 57.5 Å². The fraction of sp³-hybridized carbons (Fsp3) is 0.917. The van der Waals surface area contributed by atoms with Crippen molar-refractivity contribution >= 4 is 17.7 Å². The van der Waals surface area contributed by atoms with Gasteiger partial charge < -0.3 is 15.2 Å². The van der Waals surface area contributed by atoms with Crippen molar-refractivity contribution in [3.05, 3.63) is 0 Å². The first-order valence-corrected chi connectivity index (χ1v) is 7.52. The molecule has 0 aromatic carbocycles. The molecule has 1 fully saturated rings. The van der Waals surface area contributed by atoms with Gasteiger partial charge >= 0.3 is 5.97 Å². The maximum atomic E-state index is 11.7. The highest BCUT2D eigenvalue weighted by Crippen LogP contribution is 2.22. The van der Waals surface area contributed by atoms with Crippen LogP contribution < -0.4 is 5.73 Å². The monoisotopic (exact) mass is 261 g/mol. The standard InChI is InChI=1S/C12H23NO3S/c1-8-6-10(7-9(2)15-8)16-12(14)11(13)4-5-17-3/h8-11H,4-7,13H2,1-3H3/t8?,9?,10?,11-/m0/s1. The lowest BCUT2D eigenvalue weighted by atomic mass is 10.0. The Bertz CT molecular complexity index is 240. The lowest BCUT2D eigenvalue weighted by Crippen LogP contribution is -2.40. The molecular formula is C12H23NO3S. The van der Waals surface area contributed by atoms with Gasteiger partial charge in [0, 0.05) is 12.8 Å². The molecule has 1 heterocycles. The first-order chi connectivity index (χ1) is 8.02. The van der Waals surface area contributed by atoms with Gasteiger partial charge in [-0.05, 0) is 32.3 Å². The highest BCUT2D eigenvalue weighted by Gasteiger charge is 2.28. The van der Waals surface area contributed by atoms with E-state index in [0.717, 1.165) is 18.6 Å². The molecule has 100 valence electrons. The summed E-state index contributed by atoms with van der Waals surface area (Å²) in [7, 11) is 0. The van der Waals surface area contributed by atoms with Crippen LogP contribution in [0.15, 0.2) is 0 Å². The Kier molecular flexibility index (Phi) is 6.30. The van der Waals surface area contributed by atoms with E-state index in [4.69, 9.17) is 15.2 Å². The van der Waals surface area contributed by atoms with Gasteiger partial charge in [-0.1, -0.05) is 0 Å². The normalized spacial score (nSPS) is 30.9. The predicted molar refractivity (Wildman–Crippen MR) is 70.1 cm³/mol. The molecule has 1 rings (SSSR count). The van der Waals surface area contributed by atoms with Crippen LogP contribution in [0.1, 0.15) is 33.1 Å². The first-order valence-electron chi connectivity index (χ1n) is 6.13. The second-order valence-electron chi connectivity index (χ2n) is 4.68. The average molecular weight is 261 g/mol. The Labute approximate surface area is 108 Å². The molecule has 0 radical (unpaired) electrons. The van der Waals surface area contributed by atoms with E-state index in [0.29, 0.717) is 6.42 Å². The van der Waals surface area contributed by atoms with Crippen LogP contribution in [0.5, 0.6) is 0 Å². The van der Waals surface area contributed by atoms with E-state index in [9.17, 15) is 4.79 Å². The van der Waals surface area contributed by atoms with Gasteiger partial charge in [-0.15, -0.1) is 0 Å². The molecule has 0 aromatic heterocycles. The quantitative estimate of drug-likeness (QED) is 0.761. The van der Waals surface area contributed by atoms with Crippen molar-refractivity contribution in [2.24, 2.45) is 5.73 Å². The molecule has 1 aliphatic rings. The molecule has 2 unspecified atom stereocenters. The molecule has 1 aliphatic heterocycles. The summed E-state index contributed by atoms with van der Waals surface area (Å²) >= 11 is 1.69. The number of esters is 1. The molecule has 17 heavy (non-hydrogen) atoms. The zero-order valence-electron chi connectivity index (χ0n) is 10.8. The van der Waals surface area contributed by atoms with E-state index in [-0.39, 0.29) is 24.3 Å². The molecule has 3 atom stereocenters. The third kappa shape index (κ3) is 5.27. The van der Waals surface area contributed by atoms with Gasteiger partial charge in [-0.25, -0.2) is 0 Å². The summed E-state index contributed by atoms with van der Waals surface area (Å²) in [6, 6.07) is -0.490. The number of carbonyl (C=O) groups is 1. The van der Waals surface area contributed by atoms with Gasteiger partial charge in [0.05, 0.1) is 12.2 Å². The predicted octanol–water partition coefficient (Wildman–Crippen LogP) is 1.57. The summed E-state index contributed by atoms with van der Waals surface area (Å²) in [6.07, 6.45) is 4.48. The van der Waals surface area contributed by atoms with Crippen LogP contribution in [-0.4, -0.2) is 42.3 Å². The van der Waals surface area contributed by atoms with E-state index in [1.165, 1.54) is 0 Å². The number of thioether (sulfide) groups is 1.